The van der Waals surface area contributed by atoms with Gasteiger partial charge < -0.3 is 15.8 Å². The summed E-state index contributed by atoms with van der Waals surface area (Å²) in [6.07, 6.45) is 0. The van der Waals surface area contributed by atoms with E-state index in [4.69, 9.17) is 10.5 Å². The van der Waals surface area contributed by atoms with Crippen LogP contribution in [0.3, 0.4) is 0 Å². The molecule has 0 spiro atoms. The normalized spacial score (nSPS) is 13.6. The molecule has 6 nitrogen and oxygen atoms in total. The van der Waals surface area contributed by atoms with Crippen LogP contribution < -0.4 is 16.4 Å². The van der Waals surface area contributed by atoms with Crippen LogP contribution in [0.4, 0.5) is 4.79 Å². The van der Waals surface area contributed by atoms with Gasteiger partial charge in [0.05, 0.1) is 6.61 Å². The number of hydrogen-bond donors (Lipinski definition) is 3. The number of imide groups is 1. The molecule has 0 saturated carbocycles. The van der Waals surface area contributed by atoms with Crippen LogP contribution >= 0.6 is 0 Å². The monoisotopic (exact) mass is 266 g/mol. The number of hydrogen-bond acceptors (Lipinski definition) is 3. The predicted molar refractivity (Wildman–Crippen MR) is 70.2 cm³/mol. The second-order valence-electron chi connectivity index (χ2n) is 4.37. The smallest absolute Gasteiger partial charge is 0.319 e. The van der Waals surface area contributed by atoms with E-state index >= 15 is 0 Å². The molecule has 0 bridgehead atoms. The van der Waals surface area contributed by atoms with Gasteiger partial charge in [-0.15, -0.1) is 0 Å². The Balaban J connectivity index is 2.85. The molecule has 5 N–H and O–H groups in total. The minimum Gasteiger partial charge on any atom is -0.379 e. The van der Waals surface area contributed by atoms with Crippen molar-refractivity contribution in [1.82, 2.24) is 5.32 Å². The van der Waals surface area contributed by atoms with Gasteiger partial charge in [0.15, 0.2) is 6.04 Å². The van der Waals surface area contributed by atoms with Crippen LogP contribution in [0.5, 0.6) is 0 Å². The molecule has 19 heavy (non-hydrogen) atoms. The average molecular weight is 266 g/mol. The molecule has 0 fully saturated rings. The summed E-state index contributed by atoms with van der Waals surface area (Å²) in [6, 6.07) is 7.92. The highest BCUT2D eigenvalue weighted by Gasteiger charge is 2.27. The molecular weight excluding hydrogens is 246 g/mol. The van der Waals surface area contributed by atoms with Gasteiger partial charge in [-0.1, -0.05) is 30.3 Å². The lowest BCUT2D eigenvalue weighted by molar-refractivity contribution is -0.714. The first-order valence-corrected chi connectivity index (χ1v) is 6.03. The van der Waals surface area contributed by atoms with Crippen molar-refractivity contribution in [3.05, 3.63) is 35.9 Å². The van der Waals surface area contributed by atoms with E-state index < -0.39 is 18.0 Å². The van der Waals surface area contributed by atoms with Gasteiger partial charge in [-0.3, -0.25) is 10.1 Å². The van der Waals surface area contributed by atoms with Crippen molar-refractivity contribution >= 4 is 11.9 Å². The fraction of sp³-hybridized carbons (Fsp3) is 0.385. The molecule has 1 rings (SSSR count). The highest BCUT2D eigenvalue weighted by atomic mass is 16.5. The van der Waals surface area contributed by atoms with Gasteiger partial charge in [0, 0.05) is 12.7 Å². The Kier molecular flexibility index (Phi) is 5.98. The molecule has 0 unspecified atom stereocenters. The summed E-state index contributed by atoms with van der Waals surface area (Å²) in [5, 5.41) is 3.96. The topological polar surface area (TPSA) is 98.0 Å². The summed E-state index contributed by atoms with van der Waals surface area (Å²) >= 11 is 0. The van der Waals surface area contributed by atoms with Crippen LogP contribution in [-0.2, 0) is 9.53 Å². The Bertz CT molecular complexity index is 422. The van der Waals surface area contributed by atoms with Crippen LogP contribution in [0.1, 0.15) is 18.5 Å². The number of carbonyl (C=O) groups excluding carboxylic acids is 2. The summed E-state index contributed by atoms with van der Waals surface area (Å²) in [4.78, 5) is 22.8. The zero-order valence-electron chi connectivity index (χ0n) is 11.1. The van der Waals surface area contributed by atoms with Crippen LogP contribution in [0.15, 0.2) is 30.3 Å². The first kappa shape index (κ1) is 15.1. The Morgan fingerprint density at radius 1 is 1.37 bits per heavy atom. The molecule has 0 aliphatic heterocycles. The quantitative estimate of drug-likeness (QED) is 0.648. The minimum absolute atomic E-state index is 0.0776. The molecule has 0 aliphatic rings. The number of benzene rings is 1. The van der Waals surface area contributed by atoms with Crippen molar-refractivity contribution in [2.75, 3.05) is 13.7 Å². The number of amides is 3. The highest BCUT2D eigenvalue weighted by molar-refractivity contribution is 5.96. The second kappa shape index (κ2) is 7.50. The molecule has 104 valence electrons. The molecule has 6 heteroatoms. The lowest BCUT2D eigenvalue weighted by Crippen LogP contribution is -2.93. The van der Waals surface area contributed by atoms with E-state index in [0.717, 1.165) is 5.56 Å². The summed E-state index contributed by atoms with van der Waals surface area (Å²) in [7, 11) is 1.60. The van der Waals surface area contributed by atoms with Gasteiger partial charge in [-0.05, 0) is 6.92 Å². The summed E-state index contributed by atoms with van der Waals surface area (Å²) in [5.74, 6) is -0.429. The average Bonchev–Trinajstić information content (AvgIpc) is 2.36. The number of nitrogens with one attached hydrogen (secondary N) is 1. The number of urea groups is 1. The van der Waals surface area contributed by atoms with Gasteiger partial charge in [0.1, 0.15) is 6.04 Å². The van der Waals surface area contributed by atoms with Crippen molar-refractivity contribution in [2.45, 2.75) is 19.0 Å². The zero-order valence-corrected chi connectivity index (χ0v) is 11.1. The molecule has 0 aromatic heterocycles. The van der Waals surface area contributed by atoms with Crippen molar-refractivity contribution in [1.29, 1.82) is 0 Å². The summed E-state index contributed by atoms with van der Waals surface area (Å²) < 4.78 is 5.05. The van der Waals surface area contributed by atoms with Gasteiger partial charge >= 0.3 is 6.03 Å². The molecule has 1 aromatic carbocycles. The molecule has 0 saturated heterocycles. The van der Waals surface area contributed by atoms with E-state index in [1.165, 1.54) is 0 Å². The lowest BCUT2D eigenvalue weighted by atomic mass is 10.1. The number of carbonyl (C=O) groups is 2. The summed E-state index contributed by atoms with van der Waals surface area (Å²) in [6.45, 7) is 2.45. The maximum atomic E-state index is 12.0. The molecule has 0 heterocycles. The fourth-order valence-electron chi connectivity index (χ4n) is 1.86. The van der Waals surface area contributed by atoms with Crippen molar-refractivity contribution in [3.8, 4) is 0 Å². The molecule has 2 atom stereocenters. The first-order valence-electron chi connectivity index (χ1n) is 6.03. The fourth-order valence-corrected chi connectivity index (χ4v) is 1.86. The molecule has 3 amide bonds. The zero-order chi connectivity index (χ0) is 14.3. The minimum atomic E-state index is -0.848. The maximum absolute atomic E-state index is 12.0. The van der Waals surface area contributed by atoms with E-state index in [2.05, 4.69) is 5.32 Å². The third kappa shape index (κ3) is 5.07. The van der Waals surface area contributed by atoms with Gasteiger partial charge in [-0.25, -0.2) is 4.79 Å². The summed E-state index contributed by atoms with van der Waals surface area (Å²) in [5.41, 5.74) is 5.80. The van der Waals surface area contributed by atoms with Crippen molar-refractivity contribution in [3.63, 3.8) is 0 Å². The number of primary amides is 1. The van der Waals surface area contributed by atoms with Gasteiger partial charge in [-0.2, -0.15) is 0 Å². The molecular formula is C13H20N3O3+. The van der Waals surface area contributed by atoms with Gasteiger partial charge in [0.2, 0.25) is 0 Å². The number of nitrogens with two attached hydrogens (primary N) is 2. The predicted octanol–water partition coefficient (Wildman–Crippen LogP) is -0.479. The number of ether oxygens (including phenoxy) is 1. The Labute approximate surface area is 112 Å². The SMILES string of the molecule is COC[C@H](C)[NH2+][C@@H](C(=O)NC(N)=O)c1ccccc1. The van der Waals surface area contributed by atoms with E-state index in [0.29, 0.717) is 6.61 Å². The van der Waals surface area contributed by atoms with E-state index in [1.54, 1.807) is 7.11 Å². The Hall–Kier alpha value is -1.92. The van der Waals surface area contributed by atoms with Gasteiger partial charge in [0.25, 0.3) is 5.91 Å². The third-order valence-electron chi connectivity index (χ3n) is 2.64. The van der Waals surface area contributed by atoms with Crippen LogP contribution in [0.25, 0.3) is 0 Å². The van der Waals surface area contributed by atoms with Crippen LogP contribution in [0.2, 0.25) is 0 Å². The Morgan fingerprint density at radius 2 is 2.00 bits per heavy atom. The number of quaternary nitrogens is 1. The Morgan fingerprint density at radius 3 is 2.53 bits per heavy atom. The van der Waals surface area contributed by atoms with Crippen molar-refractivity contribution < 1.29 is 19.6 Å². The largest absolute Gasteiger partial charge is 0.379 e. The number of methoxy groups -OCH3 is 1. The third-order valence-corrected chi connectivity index (χ3v) is 2.64. The van der Waals surface area contributed by atoms with E-state index in [-0.39, 0.29) is 6.04 Å². The van der Waals surface area contributed by atoms with Crippen LogP contribution in [-0.4, -0.2) is 31.7 Å². The maximum Gasteiger partial charge on any atom is 0.319 e. The first-order chi connectivity index (χ1) is 9.04. The molecule has 0 radical (unpaired) electrons. The van der Waals surface area contributed by atoms with E-state index in [1.807, 2.05) is 42.6 Å². The second-order valence-corrected chi connectivity index (χ2v) is 4.37. The standard InChI is InChI=1S/C13H19N3O3/c1-9(8-19-2)15-11(12(17)16-13(14)18)10-6-4-3-5-7-10/h3-7,9,11,15H,8H2,1-2H3,(H3,14,16,17,18)/p+1/t9-,11+/m0/s1. The van der Waals surface area contributed by atoms with Crippen LogP contribution in [0, 0.1) is 0 Å². The molecule has 1 aromatic rings. The van der Waals surface area contributed by atoms with E-state index in [9.17, 15) is 9.59 Å². The molecule has 0 aliphatic carbocycles. The number of rotatable bonds is 6. The lowest BCUT2D eigenvalue weighted by Gasteiger charge is -2.18. The highest BCUT2D eigenvalue weighted by Crippen LogP contribution is 2.08. The van der Waals surface area contributed by atoms with Crippen molar-refractivity contribution in [2.24, 2.45) is 5.73 Å².